The van der Waals surface area contributed by atoms with E-state index in [0.29, 0.717) is 11.8 Å². The minimum atomic E-state index is -0.175. The Morgan fingerprint density at radius 2 is 2.14 bits per heavy atom. The van der Waals surface area contributed by atoms with Crippen molar-refractivity contribution in [3.8, 4) is 0 Å². The molecule has 1 aromatic rings. The zero-order chi connectivity index (χ0) is 15.0. The number of aryl methyl sites for hydroxylation is 2. The fourth-order valence-corrected chi connectivity index (χ4v) is 3.50. The molecule has 4 heteroatoms. The molecule has 2 atom stereocenters. The molecule has 1 saturated heterocycles. The number of fused-ring (bicyclic) bond motifs is 1. The van der Waals surface area contributed by atoms with Crippen molar-refractivity contribution in [1.29, 1.82) is 0 Å². The third-order valence-corrected chi connectivity index (χ3v) is 4.96. The van der Waals surface area contributed by atoms with Crippen LogP contribution >= 0.6 is 0 Å². The van der Waals surface area contributed by atoms with Gasteiger partial charge < -0.3 is 10.6 Å². The fraction of sp³-hybridized carbons (Fsp3) is 0.647. The van der Waals surface area contributed by atoms with Crippen molar-refractivity contribution in [3.05, 3.63) is 29.6 Å². The number of rotatable bonds is 5. The Balaban J connectivity index is 1.52. The van der Waals surface area contributed by atoms with Crippen LogP contribution in [0, 0.1) is 24.7 Å². The summed E-state index contributed by atoms with van der Waals surface area (Å²) in [5, 5.41) is 6.58. The highest BCUT2D eigenvalue weighted by molar-refractivity contribution is 5.83. The molecule has 0 spiro atoms. The van der Waals surface area contributed by atoms with Crippen molar-refractivity contribution in [2.24, 2.45) is 17.8 Å². The second-order valence-corrected chi connectivity index (χ2v) is 7.15. The van der Waals surface area contributed by atoms with Crippen LogP contribution in [-0.4, -0.2) is 29.5 Å². The Morgan fingerprint density at radius 3 is 2.81 bits per heavy atom. The van der Waals surface area contributed by atoms with Gasteiger partial charge in [-0.25, -0.2) is 0 Å². The molecule has 4 nitrogen and oxygen atoms in total. The quantitative estimate of drug-likeness (QED) is 0.866. The normalized spacial score (nSPS) is 27.3. The third kappa shape index (κ3) is 3.10. The van der Waals surface area contributed by atoms with E-state index in [1.807, 2.05) is 12.3 Å². The molecule has 1 amide bonds. The van der Waals surface area contributed by atoms with Crippen LogP contribution in [0.5, 0.6) is 0 Å². The van der Waals surface area contributed by atoms with E-state index in [1.54, 1.807) is 0 Å². The SMILES string of the molecule is Cc1cccnc1CCC(C)(C)NC(=O)C1C2CNCC21. The molecule has 0 radical (unpaired) electrons. The molecule has 2 N–H and O–H groups in total. The molecule has 114 valence electrons. The number of hydrogen-bond donors (Lipinski definition) is 2. The van der Waals surface area contributed by atoms with Gasteiger partial charge in [-0.2, -0.15) is 0 Å². The summed E-state index contributed by atoms with van der Waals surface area (Å²) in [6.07, 6.45) is 3.65. The standard InChI is InChI=1S/C17H25N3O/c1-11-5-4-8-19-14(11)6-7-17(2,3)20-16(21)15-12-9-18-10-13(12)15/h4-5,8,12-13,15,18H,6-7,9-10H2,1-3H3,(H,20,21). The minimum absolute atomic E-state index is 0.175. The zero-order valence-electron chi connectivity index (χ0n) is 13.1. The van der Waals surface area contributed by atoms with E-state index in [9.17, 15) is 4.79 Å². The number of carbonyl (C=O) groups is 1. The van der Waals surface area contributed by atoms with Gasteiger partial charge in [0.25, 0.3) is 0 Å². The molecule has 2 unspecified atom stereocenters. The van der Waals surface area contributed by atoms with Crippen molar-refractivity contribution < 1.29 is 4.79 Å². The molecule has 1 aromatic heterocycles. The van der Waals surface area contributed by atoms with Gasteiger partial charge in [-0.1, -0.05) is 6.07 Å². The lowest BCUT2D eigenvalue weighted by Gasteiger charge is -2.27. The van der Waals surface area contributed by atoms with Crippen LogP contribution in [0.25, 0.3) is 0 Å². The van der Waals surface area contributed by atoms with E-state index in [4.69, 9.17) is 0 Å². The highest BCUT2D eigenvalue weighted by Crippen LogP contribution is 2.48. The summed E-state index contributed by atoms with van der Waals surface area (Å²) in [5.74, 6) is 1.66. The molecule has 3 rings (SSSR count). The second kappa shape index (κ2) is 5.41. The van der Waals surface area contributed by atoms with E-state index < -0.39 is 0 Å². The fourth-order valence-electron chi connectivity index (χ4n) is 3.50. The molecule has 21 heavy (non-hydrogen) atoms. The van der Waals surface area contributed by atoms with Crippen LogP contribution in [0.4, 0.5) is 0 Å². The van der Waals surface area contributed by atoms with Crippen LogP contribution in [0.1, 0.15) is 31.5 Å². The summed E-state index contributed by atoms with van der Waals surface area (Å²) in [6, 6.07) is 4.05. The first-order chi connectivity index (χ1) is 9.98. The first-order valence-corrected chi connectivity index (χ1v) is 7.91. The number of hydrogen-bond acceptors (Lipinski definition) is 3. The smallest absolute Gasteiger partial charge is 0.224 e. The van der Waals surface area contributed by atoms with Gasteiger partial charge in [-0.3, -0.25) is 9.78 Å². The summed E-state index contributed by atoms with van der Waals surface area (Å²) in [6.45, 7) is 8.33. The van der Waals surface area contributed by atoms with Crippen molar-refractivity contribution in [1.82, 2.24) is 15.6 Å². The zero-order valence-corrected chi connectivity index (χ0v) is 13.1. The van der Waals surface area contributed by atoms with E-state index in [-0.39, 0.29) is 17.4 Å². The first-order valence-electron chi connectivity index (χ1n) is 7.91. The monoisotopic (exact) mass is 287 g/mol. The minimum Gasteiger partial charge on any atom is -0.351 e. The molecule has 2 fully saturated rings. The number of nitrogens with zero attached hydrogens (tertiary/aromatic N) is 1. The molecule has 1 aliphatic heterocycles. The molecule has 2 aliphatic rings. The summed E-state index contributed by atoms with van der Waals surface area (Å²) >= 11 is 0. The maximum atomic E-state index is 12.4. The molecular weight excluding hydrogens is 262 g/mol. The molecule has 0 bridgehead atoms. The summed E-state index contributed by atoms with van der Waals surface area (Å²) in [7, 11) is 0. The lowest BCUT2D eigenvalue weighted by Crippen LogP contribution is -2.45. The Labute approximate surface area is 126 Å². The summed E-state index contributed by atoms with van der Waals surface area (Å²) < 4.78 is 0. The highest BCUT2D eigenvalue weighted by Gasteiger charge is 2.57. The van der Waals surface area contributed by atoms with Crippen molar-refractivity contribution >= 4 is 5.91 Å². The van der Waals surface area contributed by atoms with Crippen LogP contribution < -0.4 is 10.6 Å². The average molecular weight is 287 g/mol. The van der Waals surface area contributed by atoms with Gasteiger partial charge in [-0.15, -0.1) is 0 Å². The average Bonchev–Trinajstić information content (AvgIpc) is 2.92. The Morgan fingerprint density at radius 1 is 1.43 bits per heavy atom. The van der Waals surface area contributed by atoms with Crippen LogP contribution in [0.3, 0.4) is 0 Å². The van der Waals surface area contributed by atoms with Gasteiger partial charge in [0.05, 0.1) is 0 Å². The van der Waals surface area contributed by atoms with E-state index in [1.165, 1.54) is 5.56 Å². The molecule has 0 aromatic carbocycles. The number of carbonyl (C=O) groups excluding carboxylic acids is 1. The molecular formula is C17H25N3O. The van der Waals surface area contributed by atoms with E-state index in [0.717, 1.165) is 31.6 Å². The molecule has 2 heterocycles. The van der Waals surface area contributed by atoms with Gasteiger partial charge in [0.15, 0.2) is 0 Å². The number of pyridine rings is 1. The van der Waals surface area contributed by atoms with Crippen LogP contribution in [0.15, 0.2) is 18.3 Å². The number of nitrogens with one attached hydrogen (secondary N) is 2. The predicted molar refractivity (Wildman–Crippen MR) is 82.9 cm³/mol. The van der Waals surface area contributed by atoms with Gasteiger partial charge in [-0.05, 0) is 70.2 Å². The lowest BCUT2D eigenvalue weighted by atomic mass is 9.95. The second-order valence-electron chi connectivity index (χ2n) is 7.15. The van der Waals surface area contributed by atoms with E-state index in [2.05, 4.69) is 42.5 Å². The first kappa shape index (κ1) is 14.5. The summed E-state index contributed by atoms with van der Waals surface area (Å²) in [5.41, 5.74) is 2.18. The Hall–Kier alpha value is -1.42. The number of piperidine rings is 1. The van der Waals surface area contributed by atoms with Gasteiger partial charge in [0.1, 0.15) is 0 Å². The maximum Gasteiger partial charge on any atom is 0.224 e. The third-order valence-electron chi connectivity index (χ3n) is 4.96. The predicted octanol–water partition coefficient (Wildman–Crippen LogP) is 1.68. The molecule has 1 aliphatic carbocycles. The van der Waals surface area contributed by atoms with Crippen molar-refractivity contribution in [3.63, 3.8) is 0 Å². The molecule has 1 saturated carbocycles. The van der Waals surface area contributed by atoms with Gasteiger partial charge in [0, 0.05) is 23.3 Å². The topological polar surface area (TPSA) is 54.0 Å². The van der Waals surface area contributed by atoms with Gasteiger partial charge >= 0.3 is 0 Å². The Bertz CT molecular complexity index is 531. The van der Waals surface area contributed by atoms with E-state index >= 15 is 0 Å². The van der Waals surface area contributed by atoms with Crippen molar-refractivity contribution in [2.45, 2.75) is 39.2 Å². The van der Waals surface area contributed by atoms with Gasteiger partial charge in [0.2, 0.25) is 5.91 Å². The highest BCUT2D eigenvalue weighted by atomic mass is 16.2. The maximum absolute atomic E-state index is 12.4. The number of amides is 1. The Kier molecular flexibility index (Phi) is 3.74. The largest absolute Gasteiger partial charge is 0.351 e. The lowest BCUT2D eigenvalue weighted by molar-refractivity contribution is -0.124. The van der Waals surface area contributed by atoms with Crippen LogP contribution in [-0.2, 0) is 11.2 Å². The number of aromatic nitrogens is 1. The summed E-state index contributed by atoms with van der Waals surface area (Å²) in [4.78, 5) is 16.8. The van der Waals surface area contributed by atoms with Crippen LogP contribution in [0.2, 0.25) is 0 Å². The van der Waals surface area contributed by atoms with Crippen molar-refractivity contribution in [2.75, 3.05) is 13.1 Å².